The average Bonchev–Trinajstić information content (AvgIpc) is 3.07. The molecule has 1 N–H and O–H groups in total. The molecule has 6 heteroatoms. The van der Waals surface area contributed by atoms with Gasteiger partial charge in [0.25, 0.3) is 0 Å². The minimum Gasteiger partial charge on any atom is -0.444 e. The predicted octanol–water partition coefficient (Wildman–Crippen LogP) is 3.03. The Kier molecular flexibility index (Phi) is 6.89. The summed E-state index contributed by atoms with van der Waals surface area (Å²) in [7, 11) is 2.04. The first-order valence-corrected chi connectivity index (χ1v) is 9.31. The van der Waals surface area contributed by atoms with Crippen LogP contribution in [0.15, 0.2) is 30.3 Å². The van der Waals surface area contributed by atoms with E-state index in [9.17, 15) is 9.59 Å². The number of hydrogen-bond donors (Lipinski definition) is 1. The molecule has 2 amide bonds. The Balaban J connectivity index is 1.75. The normalized spacial score (nSPS) is 17.1. The molecule has 1 fully saturated rings. The topological polar surface area (TPSA) is 61.9 Å². The van der Waals surface area contributed by atoms with Crippen LogP contribution in [0.4, 0.5) is 10.5 Å². The summed E-state index contributed by atoms with van der Waals surface area (Å²) in [6.45, 7) is 7.51. The lowest BCUT2D eigenvalue weighted by Crippen LogP contribution is -2.47. The summed E-state index contributed by atoms with van der Waals surface area (Å²) in [5.74, 6) is -0.0873. The second-order valence-corrected chi connectivity index (χ2v) is 7.73. The van der Waals surface area contributed by atoms with Crippen LogP contribution in [-0.2, 0) is 9.53 Å². The summed E-state index contributed by atoms with van der Waals surface area (Å²) in [5, 5.41) is 2.96. The molecule has 1 atom stereocenters. The van der Waals surface area contributed by atoms with Crippen LogP contribution < -0.4 is 10.2 Å². The molecule has 0 radical (unpaired) electrons. The summed E-state index contributed by atoms with van der Waals surface area (Å²) >= 11 is 0. The molecule has 0 bridgehead atoms. The van der Waals surface area contributed by atoms with Crippen LogP contribution in [0.3, 0.4) is 0 Å². The molecule has 2 rings (SSSR count). The van der Waals surface area contributed by atoms with Gasteiger partial charge in [-0.1, -0.05) is 18.2 Å². The van der Waals surface area contributed by atoms with Crippen molar-refractivity contribution >= 4 is 17.7 Å². The number of nitrogens with one attached hydrogen (secondary N) is 1. The van der Waals surface area contributed by atoms with Gasteiger partial charge in [-0.3, -0.25) is 9.69 Å². The van der Waals surface area contributed by atoms with Crippen molar-refractivity contribution in [3.05, 3.63) is 30.3 Å². The van der Waals surface area contributed by atoms with Gasteiger partial charge in [0.2, 0.25) is 5.91 Å². The molecule has 26 heavy (non-hydrogen) atoms. The van der Waals surface area contributed by atoms with E-state index in [2.05, 4.69) is 22.3 Å². The molecule has 1 aromatic rings. The monoisotopic (exact) mass is 361 g/mol. The Morgan fingerprint density at radius 2 is 1.96 bits per heavy atom. The number of carbonyl (C=O) groups excluding carboxylic acids is 2. The minimum absolute atomic E-state index is 0.0873. The van der Waals surface area contributed by atoms with Crippen molar-refractivity contribution in [2.45, 2.75) is 51.7 Å². The van der Waals surface area contributed by atoms with Crippen LogP contribution in [0.25, 0.3) is 0 Å². The third kappa shape index (κ3) is 5.93. The van der Waals surface area contributed by atoms with E-state index in [-0.39, 0.29) is 5.91 Å². The van der Waals surface area contributed by atoms with Gasteiger partial charge < -0.3 is 15.0 Å². The molecule has 1 aromatic carbocycles. The van der Waals surface area contributed by atoms with Crippen molar-refractivity contribution in [1.29, 1.82) is 0 Å². The Hall–Kier alpha value is -2.24. The summed E-state index contributed by atoms with van der Waals surface area (Å²) in [5.41, 5.74) is 0.605. The maximum absolute atomic E-state index is 12.5. The largest absolute Gasteiger partial charge is 0.444 e. The first-order chi connectivity index (χ1) is 12.3. The smallest absolute Gasteiger partial charge is 0.410 e. The fraction of sp³-hybridized carbons (Fsp3) is 0.600. The van der Waals surface area contributed by atoms with E-state index in [1.807, 2.05) is 46.0 Å². The molecule has 1 unspecified atom stereocenters. The number of likely N-dealkylation sites (tertiary alicyclic amines) is 1. The molecule has 0 aliphatic carbocycles. The number of nitrogens with zero attached hydrogens (tertiary/aromatic N) is 2. The van der Waals surface area contributed by atoms with E-state index in [0.29, 0.717) is 19.5 Å². The molecule has 0 aromatic heterocycles. The first kappa shape index (κ1) is 20.1. The Bertz CT molecular complexity index is 598. The molecule has 0 spiro atoms. The molecular formula is C20H31N3O3. The van der Waals surface area contributed by atoms with E-state index >= 15 is 0 Å². The molecule has 0 saturated carbocycles. The van der Waals surface area contributed by atoms with Crippen LogP contribution in [0.5, 0.6) is 0 Å². The quantitative estimate of drug-likeness (QED) is 0.791. The van der Waals surface area contributed by atoms with Crippen LogP contribution in [-0.4, -0.2) is 55.2 Å². The fourth-order valence-corrected chi connectivity index (χ4v) is 3.04. The van der Waals surface area contributed by atoms with Crippen molar-refractivity contribution in [2.75, 3.05) is 31.6 Å². The van der Waals surface area contributed by atoms with Crippen LogP contribution >= 0.6 is 0 Å². The van der Waals surface area contributed by atoms with Crippen molar-refractivity contribution in [2.24, 2.45) is 0 Å². The van der Waals surface area contributed by atoms with Gasteiger partial charge in [-0.2, -0.15) is 0 Å². The third-order valence-corrected chi connectivity index (χ3v) is 4.35. The van der Waals surface area contributed by atoms with E-state index in [0.717, 1.165) is 25.1 Å². The van der Waals surface area contributed by atoms with Gasteiger partial charge in [-0.05, 0) is 52.2 Å². The molecule has 1 aliphatic rings. The standard InChI is InChI=1S/C20H31N3O3/c1-20(2,3)26-19(25)23-15-8-12-17(23)18(24)21-13-9-14-22(4)16-10-6-5-7-11-16/h5-7,10-11,17H,8-9,12-15H2,1-4H3,(H,21,24). The zero-order chi connectivity index (χ0) is 19.2. The summed E-state index contributed by atoms with van der Waals surface area (Å²) in [4.78, 5) is 28.4. The zero-order valence-corrected chi connectivity index (χ0v) is 16.3. The highest BCUT2D eigenvalue weighted by molar-refractivity contribution is 5.86. The SMILES string of the molecule is CN(CCCNC(=O)C1CCCN1C(=O)OC(C)(C)C)c1ccccc1. The maximum atomic E-state index is 12.5. The molecular weight excluding hydrogens is 330 g/mol. The van der Waals surface area contributed by atoms with Gasteiger partial charge in [0, 0.05) is 32.4 Å². The number of hydrogen-bond acceptors (Lipinski definition) is 4. The van der Waals surface area contributed by atoms with E-state index in [1.165, 1.54) is 0 Å². The fourth-order valence-electron chi connectivity index (χ4n) is 3.04. The van der Waals surface area contributed by atoms with Crippen molar-refractivity contribution < 1.29 is 14.3 Å². The predicted molar refractivity (Wildman–Crippen MR) is 103 cm³/mol. The average molecular weight is 361 g/mol. The van der Waals surface area contributed by atoms with E-state index < -0.39 is 17.7 Å². The highest BCUT2D eigenvalue weighted by atomic mass is 16.6. The summed E-state index contributed by atoms with van der Waals surface area (Å²) in [6.07, 6.45) is 1.96. The highest BCUT2D eigenvalue weighted by Crippen LogP contribution is 2.21. The number of para-hydroxylation sites is 1. The van der Waals surface area contributed by atoms with Crippen LogP contribution in [0, 0.1) is 0 Å². The number of rotatable bonds is 6. The molecule has 1 aliphatic heterocycles. The van der Waals surface area contributed by atoms with Gasteiger partial charge in [-0.25, -0.2) is 4.79 Å². The lowest BCUT2D eigenvalue weighted by molar-refractivity contribution is -0.125. The van der Waals surface area contributed by atoms with Gasteiger partial charge in [0.15, 0.2) is 0 Å². The summed E-state index contributed by atoms with van der Waals surface area (Å²) in [6, 6.07) is 9.73. The molecule has 144 valence electrons. The van der Waals surface area contributed by atoms with Crippen molar-refractivity contribution in [3.63, 3.8) is 0 Å². The molecule has 1 saturated heterocycles. The Morgan fingerprint density at radius 3 is 2.62 bits per heavy atom. The molecule has 6 nitrogen and oxygen atoms in total. The number of carbonyl (C=O) groups is 2. The highest BCUT2D eigenvalue weighted by Gasteiger charge is 2.36. The number of amides is 2. The zero-order valence-electron chi connectivity index (χ0n) is 16.3. The number of benzene rings is 1. The van der Waals surface area contributed by atoms with Crippen molar-refractivity contribution in [3.8, 4) is 0 Å². The Morgan fingerprint density at radius 1 is 1.27 bits per heavy atom. The molecule has 1 heterocycles. The van der Waals surface area contributed by atoms with Crippen molar-refractivity contribution in [1.82, 2.24) is 10.2 Å². The number of ether oxygens (including phenoxy) is 1. The second kappa shape index (κ2) is 8.92. The Labute approximate surface area is 156 Å². The second-order valence-electron chi connectivity index (χ2n) is 7.73. The van der Waals surface area contributed by atoms with Crippen LogP contribution in [0.2, 0.25) is 0 Å². The van der Waals surface area contributed by atoms with E-state index in [4.69, 9.17) is 4.74 Å². The number of anilines is 1. The van der Waals surface area contributed by atoms with E-state index in [1.54, 1.807) is 4.90 Å². The lowest BCUT2D eigenvalue weighted by Gasteiger charge is -2.28. The summed E-state index contributed by atoms with van der Waals surface area (Å²) < 4.78 is 5.41. The van der Waals surface area contributed by atoms with Gasteiger partial charge in [0.1, 0.15) is 11.6 Å². The van der Waals surface area contributed by atoms with Gasteiger partial charge >= 0.3 is 6.09 Å². The minimum atomic E-state index is -0.553. The third-order valence-electron chi connectivity index (χ3n) is 4.35. The van der Waals surface area contributed by atoms with Gasteiger partial charge in [0.05, 0.1) is 0 Å². The first-order valence-electron chi connectivity index (χ1n) is 9.31. The van der Waals surface area contributed by atoms with Crippen LogP contribution in [0.1, 0.15) is 40.0 Å². The lowest BCUT2D eigenvalue weighted by atomic mass is 10.2. The van der Waals surface area contributed by atoms with Gasteiger partial charge in [-0.15, -0.1) is 0 Å². The maximum Gasteiger partial charge on any atom is 0.410 e.